The molecule has 0 aliphatic carbocycles. The summed E-state index contributed by atoms with van der Waals surface area (Å²) in [6.45, 7) is 4.88. The summed E-state index contributed by atoms with van der Waals surface area (Å²) in [5.41, 5.74) is 0. The van der Waals surface area contributed by atoms with Gasteiger partial charge in [0.2, 0.25) is 5.91 Å². The average Bonchev–Trinajstić information content (AvgIpc) is 3.25. The minimum absolute atomic E-state index is 0.0320. The standard InChI is InChI=1S/C54H103NO5/c1-3-5-7-9-11-13-15-17-19-21-22-24-26-28-32-36-40-44-48-54(59)60-49-45-41-37-33-29-31-35-39-43-47-53(58)55-51(50-56)52(57)46-42-38-34-30-27-25-23-20-18-16-14-12-10-8-6-4-2/h13,15,19,21,51-52,56-57H,3-12,14,16-18,20,22-50H2,1-2H3,(H,55,58)/b15-13-,21-19-. The monoisotopic (exact) mass is 846 g/mol. The van der Waals surface area contributed by atoms with Gasteiger partial charge in [-0.3, -0.25) is 9.59 Å². The zero-order valence-electron chi connectivity index (χ0n) is 40.2. The van der Waals surface area contributed by atoms with Gasteiger partial charge in [0.15, 0.2) is 0 Å². The predicted octanol–water partition coefficient (Wildman–Crippen LogP) is 15.9. The van der Waals surface area contributed by atoms with Crippen LogP contribution in [-0.2, 0) is 14.3 Å². The Morgan fingerprint density at radius 3 is 1.28 bits per heavy atom. The van der Waals surface area contributed by atoms with Gasteiger partial charge in [-0.05, 0) is 57.8 Å². The van der Waals surface area contributed by atoms with E-state index >= 15 is 0 Å². The summed E-state index contributed by atoms with van der Waals surface area (Å²) in [7, 11) is 0. The lowest BCUT2D eigenvalue weighted by molar-refractivity contribution is -0.143. The Kier molecular flexibility index (Phi) is 48.6. The van der Waals surface area contributed by atoms with E-state index in [1.807, 2.05) is 0 Å². The van der Waals surface area contributed by atoms with Gasteiger partial charge in [0.1, 0.15) is 0 Å². The third-order valence-electron chi connectivity index (χ3n) is 12.3. The van der Waals surface area contributed by atoms with E-state index in [9.17, 15) is 19.8 Å². The lowest BCUT2D eigenvalue weighted by Crippen LogP contribution is -2.45. The van der Waals surface area contributed by atoms with E-state index in [-0.39, 0.29) is 18.5 Å². The quantitative estimate of drug-likeness (QED) is 0.0322. The predicted molar refractivity (Wildman–Crippen MR) is 260 cm³/mol. The third kappa shape index (κ3) is 45.9. The molecule has 0 rings (SSSR count). The Labute approximate surface area is 373 Å². The van der Waals surface area contributed by atoms with Gasteiger partial charge in [0, 0.05) is 12.8 Å². The molecule has 354 valence electrons. The van der Waals surface area contributed by atoms with Crippen molar-refractivity contribution in [1.82, 2.24) is 5.32 Å². The fourth-order valence-corrected chi connectivity index (χ4v) is 8.14. The molecular formula is C54H103NO5. The number of aliphatic hydroxyl groups excluding tert-OH is 2. The Morgan fingerprint density at radius 1 is 0.467 bits per heavy atom. The lowest BCUT2D eigenvalue weighted by atomic mass is 10.0. The highest BCUT2D eigenvalue weighted by molar-refractivity contribution is 5.76. The van der Waals surface area contributed by atoms with Crippen molar-refractivity contribution >= 4 is 11.9 Å². The first-order chi connectivity index (χ1) is 29.5. The molecule has 6 nitrogen and oxygen atoms in total. The summed E-state index contributed by atoms with van der Waals surface area (Å²) in [5, 5.41) is 23.2. The maximum atomic E-state index is 12.5. The van der Waals surface area contributed by atoms with E-state index in [0.717, 1.165) is 64.2 Å². The molecule has 0 aromatic carbocycles. The van der Waals surface area contributed by atoms with Gasteiger partial charge in [-0.25, -0.2) is 0 Å². The third-order valence-corrected chi connectivity index (χ3v) is 12.3. The average molecular weight is 846 g/mol. The second kappa shape index (κ2) is 50.0. The van der Waals surface area contributed by atoms with Gasteiger partial charge in [0.25, 0.3) is 0 Å². The van der Waals surface area contributed by atoms with Crippen LogP contribution in [0.4, 0.5) is 0 Å². The van der Waals surface area contributed by atoms with Gasteiger partial charge in [-0.1, -0.05) is 237 Å². The number of nitrogens with one attached hydrogen (secondary N) is 1. The number of hydrogen-bond donors (Lipinski definition) is 3. The van der Waals surface area contributed by atoms with Gasteiger partial charge in [-0.2, -0.15) is 0 Å². The number of amides is 1. The van der Waals surface area contributed by atoms with Gasteiger partial charge in [0.05, 0.1) is 25.4 Å². The highest BCUT2D eigenvalue weighted by Gasteiger charge is 2.20. The number of carbonyl (C=O) groups is 2. The van der Waals surface area contributed by atoms with Crippen molar-refractivity contribution < 1.29 is 24.5 Å². The van der Waals surface area contributed by atoms with E-state index < -0.39 is 12.1 Å². The van der Waals surface area contributed by atoms with Crippen LogP contribution in [0, 0.1) is 0 Å². The molecule has 6 heteroatoms. The maximum absolute atomic E-state index is 12.5. The van der Waals surface area contributed by atoms with Crippen molar-refractivity contribution in [2.45, 2.75) is 296 Å². The van der Waals surface area contributed by atoms with E-state index in [4.69, 9.17) is 4.74 Å². The first-order valence-electron chi connectivity index (χ1n) is 26.6. The second-order valence-corrected chi connectivity index (χ2v) is 18.2. The SMILES string of the molecule is CCCCCC/C=C\C/C=C\CCCCCCCCCC(=O)OCCCCCCCCCCCC(=O)NC(CO)C(O)CCCCCCCCCCCCCCCCCC. The summed E-state index contributed by atoms with van der Waals surface area (Å²) in [4.78, 5) is 24.5. The first-order valence-corrected chi connectivity index (χ1v) is 26.6. The van der Waals surface area contributed by atoms with Crippen molar-refractivity contribution in [3.05, 3.63) is 24.3 Å². The molecule has 0 bridgehead atoms. The van der Waals surface area contributed by atoms with Crippen LogP contribution in [0.5, 0.6) is 0 Å². The number of aliphatic hydroxyl groups is 2. The van der Waals surface area contributed by atoms with E-state index in [2.05, 4.69) is 43.5 Å². The minimum Gasteiger partial charge on any atom is -0.466 e. The summed E-state index contributed by atoms with van der Waals surface area (Å²) < 4.78 is 5.46. The molecule has 0 heterocycles. The summed E-state index contributed by atoms with van der Waals surface area (Å²) in [6.07, 6.45) is 58.6. The molecule has 0 aliphatic heterocycles. The number of carbonyl (C=O) groups excluding carboxylic acids is 2. The molecule has 1 amide bonds. The summed E-state index contributed by atoms with van der Waals surface area (Å²) >= 11 is 0. The van der Waals surface area contributed by atoms with Crippen LogP contribution in [0.3, 0.4) is 0 Å². The highest BCUT2D eigenvalue weighted by Crippen LogP contribution is 2.16. The number of hydrogen-bond acceptors (Lipinski definition) is 5. The first kappa shape index (κ1) is 58.3. The molecule has 2 atom stereocenters. The zero-order valence-corrected chi connectivity index (χ0v) is 40.2. The van der Waals surface area contributed by atoms with Crippen molar-refractivity contribution in [2.24, 2.45) is 0 Å². The molecule has 0 spiro atoms. The van der Waals surface area contributed by atoms with Gasteiger partial charge < -0.3 is 20.3 Å². The van der Waals surface area contributed by atoms with Crippen molar-refractivity contribution in [2.75, 3.05) is 13.2 Å². The van der Waals surface area contributed by atoms with Crippen LogP contribution in [0.25, 0.3) is 0 Å². The van der Waals surface area contributed by atoms with Gasteiger partial charge >= 0.3 is 5.97 Å². The van der Waals surface area contributed by atoms with Crippen LogP contribution in [-0.4, -0.2) is 47.4 Å². The molecule has 0 aromatic heterocycles. The number of ether oxygens (including phenoxy) is 1. The smallest absolute Gasteiger partial charge is 0.305 e. The molecule has 0 aromatic rings. The summed E-state index contributed by atoms with van der Waals surface area (Å²) in [6, 6.07) is -0.562. The van der Waals surface area contributed by atoms with E-state index in [1.54, 1.807) is 0 Å². The zero-order chi connectivity index (χ0) is 43.7. The van der Waals surface area contributed by atoms with Crippen LogP contribution in [0.2, 0.25) is 0 Å². The Balaban J connectivity index is 3.49. The molecule has 0 aliphatic rings. The number of allylic oxidation sites excluding steroid dienone is 4. The molecule has 0 radical (unpaired) electrons. The van der Waals surface area contributed by atoms with Crippen molar-refractivity contribution in [3.8, 4) is 0 Å². The number of unbranched alkanes of at least 4 members (excludes halogenated alkanes) is 34. The number of rotatable bonds is 49. The lowest BCUT2D eigenvalue weighted by Gasteiger charge is -2.22. The highest BCUT2D eigenvalue weighted by atomic mass is 16.5. The van der Waals surface area contributed by atoms with E-state index in [0.29, 0.717) is 25.9 Å². The van der Waals surface area contributed by atoms with Crippen LogP contribution in [0.15, 0.2) is 24.3 Å². The molecular weight excluding hydrogens is 743 g/mol. The molecule has 60 heavy (non-hydrogen) atoms. The molecule has 2 unspecified atom stereocenters. The van der Waals surface area contributed by atoms with E-state index in [1.165, 1.54) is 186 Å². The molecule has 0 saturated carbocycles. The van der Waals surface area contributed by atoms with Crippen LogP contribution >= 0.6 is 0 Å². The minimum atomic E-state index is -0.682. The topological polar surface area (TPSA) is 95.9 Å². The fourth-order valence-electron chi connectivity index (χ4n) is 8.14. The molecule has 0 saturated heterocycles. The molecule has 0 fully saturated rings. The second-order valence-electron chi connectivity index (χ2n) is 18.2. The van der Waals surface area contributed by atoms with Crippen LogP contribution in [0.1, 0.15) is 284 Å². The maximum Gasteiger partial charge on any atom is 0.305 e. The van der Waals surface area contributed by atoms with Crippen molar-refractivity contribution in [1.29, 1.82) is 0 Å². The van der Waals surface area contributed by atoms with Crippen LogP contribution < -0.4 is 5.32 Å². The Morgan fingerprint density at radius 2 is 0.833 bits per heavy atom. The number of esters is 1. The largest absolute Gasteiger partial charge is 0.466 e. The van der Waals surface area contributed by atoms with Gasteiger partial charge in [-0.15, -0.1) is 0 Å². The Bertz CT molecular complexity index is 935. The van der Waals surface area contributed by atoms with Crippen molar-refractivity contribution in [3.63, 3.8) is 0 Å². The summed E-state index contributed by atoms with van der Waals surface area (Å²) in [5.74, 6) is -0.0941. The fraction of sp³-hybridized carbons (Fsp3) is 0.889. The molecule has 3 N–H and O–H groups in total. The Hall–Kier alpha value is -1.66. The normalized spacial score (nSPS) is 12.8.